The smallest absolute Gasteiger partial charge is 0.339 e. The summed E-state index contributed by atoms with van der Waals surface area (Å²) in [5.41, 5.74) is 0.398. The zero-order valence-corrected chi connectivity index (χ0v) is 14.9. The minimum Gasteiger partial charge on any atom is -0.449 e. The van der Waals surface area contributed by atoms with Crippen LogP contribution < -0.4 is 0 Å². The number of hydrogen-bond donors (Lipinski definition) is 0. The van der Waals surface area contributed by atoms with E-state index in [-0.39, 0.29) is 17.4 Å². The number of nitrogens with zero attached hydrogens (tertiary/aromatic N) is 1. The van der Waals surface area contributed by atoms with Crippen molar-refractivity contribution in [3.63, 3.8) is 0 Å². The van der Waals surface area contributed by atoms with Gasteiger partial charge in [0.25, 0.3) is 0 Å². The van der Waals surface area contributed by atoms with Crippen LogP contribution in [0.1, 0.15) is 28.8 Å². The van der Waals surface area contributed by atoms with Crippen molar-refractivity contribution in [2.45, 2.75) is 23.3 Å². The number of fused-ring (bicyclic) bond motifs is 2. The van der Waals surface area contributed by atoms with Crippen LogP contribution in [0.2, 0.25) is 5.02 Å². The molecule has 2 aliphatic heterocycles. The summed E-state index contributed by atoms with van der Waals surface area (Å²) in [7, 11) is -3.68. The van der Waals surface area contributed by atoms with E-state index in [9.17, 15) is 13.2 Å². The summed E-state index contributed by atoms with van der Waals surface area (Å²) in [6.45, 7) is 0.521. The Morgan fingerprint density at radius 1 is 1.08 bits per heavy atom. The number of carbonyl (C=O) groups is 1. The molecule has 2 heterocycles. The number of benzene rings is 2. The molecule has 4 rings (SSSR count). The van der Waals surface area contributed by atoms with Crippen molar-refractivity contribution in [1.82, 2.24) is 4.31 Å². The molecule has 1 spiro atoms. The number of piperidine rings is 1. The van der Waals surface area contributed by atoms with Crippen molar-refractivity contribution in [1.29, 1.82) is 0 Å². The minimum absolute atomic E-state index is 0.126. The molecule has 0 bridgehead atoms. The quantitative estimate of drug-likeness (QED) is 0.754. The molecule has 1 fully saturated rings. The molecule has 0 saturated carbocycles. The topological polar surface area (TPSA) is 63.7 Å². The van der Waals surface area contributed by atoms with E-state index in [1.807, 2.05) is 12.1 Å². The van der Waals surface area contributed by atoms with Crippen molar-refractivity contribution in [3.8, 4) is 0 Å². The van der Waals surface area contributed by atoms with E-state index in [2.05, 4.69) is 0 Å². The predicted octanol–water partition coefficient (Wildman–Crippen LogP) is 3.19. The summed E-state index contributed by atoms with van der Waals surface area (Å²) in [5, 5.41) is 0.479. The Labute approximate surface area is 151 Å². The van der Waals surface area contributed by atoms with E-state index in [0.717, 1.165) is 5.56 Å². The van der Waals surface area contributed by atoms with E-state index in [4.69, 9.17) is 16.3 Å². The van der Waals surface area contributed by atoms with Crippen molar-refractivity contribution < 1.29 is 17.9 Å². The van der Waals surface area contributed by atoms with Gasteiger partial charge in [0.2, 0.25) is 10.0 Å². The number of sulfonamides is 1. The van der Waals surface area contributed by atoms with Crippen molar-refractivity contribution in [2.75, 3.05) is 13.1 Å². The number of ether oxygens (including phenoxy) is 1. The first-order valence-electron chi connectivity index (χ1n) is 8.01. The number of esters is 1. The number of halogens is 1. The molecule has 1 unspecified atom stereocenters. The van der Waals surface area contributed by atoms with Gasteiger partial charge in [0.05, 0.1) is 17.0 Å². The Hall–Kier alpha value is -1.89. The van der Waals surface area contributed by atoms with Gasteiger partial charge in [-0.2, -0.15) is 4.31 Å². The SMILES string of the molecule is O=C1OC2(CCCN(S(=O)(=O)c3ccc(Cl)cc3)C2)c2ccccc21. The molecule has 0 aliphatic carbocycles. The largest absolute Gasteiger partial charge is 0.449 e. The average Bonchev–Trinajstić information content (AvgIpc) is 2.88. The molecule has 5 nitrogen and oxygen atoms in total. The summed E-state index contributed by atoms with van der Waals surface area (Å²) in [4.78, 5) is 12.4. The molecule has 0 radical (unpaired) electrons. The Morgan fingerprint density at radius 2 is 1.80 bits per heavy atom. The molecule has 2 aromatic carbocycles. The second kappa shape index (κ2) is 5.83. The van der Waals surface area contributed by atoms with E-state index in [0.29, 0.717) is 30.0 Å². The zero-order valence-electron chi connectivity index (χ0n) is 13.3. The highest BCUT2D eigenvalue weighted by Gasteiger charge is 2.50. The lowest BCUT2D eigenvalue weighted by molar-refractivity contribution is -0.0345. The van der Waals surface area contributed by atoms with Crippen LogP contribution in [0.4, 0.5) is 0 Å². The first-order chi connectivity index (χ1) is 11.9. The molecule has 2 aliphatic rings. The van der Waals surface area contributed by atoms with Crippen LogP contribution in [0.15, 0.2) is 53.4 Å². The molecule has 7 heteroatoms. The molecule has 0 aromatic heterocycles. The van der Waals surface area contributed by atoms with Crippen LogP contribution in [0.5, 0.6) is 0 Å². The molecule has 0 N–H and O–H groups in total. The lowest BCUT2D eigenvalue weighted by atomic mass is 9.86. The molecular weight excluding hydrogens is 362 g/mol. The highest BCUT2D eigenvalue weighted by molar-refractivity contribution is 7.89. The summed E-state index contributed by atoms with van der Waals surface area (Å²) < 4.78 is 33.0. The highest BCUT2D eigenvalue weighted by Crippen LogP contribution is 2.43. The molecule has 25 heavy (non-hydrogen) atoms. The second-order valence-electron chi connectivity index (χ2n) is 6.33. The molecule has 1 saturated heterocycles. The third-order valence-electron chi connectivity index (χ3n) is 4.80. The molecule has 0 amide bonds. The van der Waals surface area contributed by atoms with Gasteiger partial charge < -0.3 is 4.74 Å². The van der Waals surface area contributed by atoms with Crippen molar-refractivity contribution in [2.24, 2.45) is 0 Å². The van der Waals surface area contributed by atoms with Gasteiger partial charge in [-0.05, 0) is 43.2 Å². The first-order valence-corrected chi connectivity index (χ1v) is 9.83. The fourth-order valence-corrected chi connectivity index (χ4v) is 5.25. The lowest BCUT2D eigenvalue weighted by Gasteiger charge is -2.38. The van der Waals surface area contributed by atoms with Crippen LogP contribution >= 0.6 is 11.6 Å². The van der Waals surface area contributed by atoms with Gasteiger partial charge in [-0.15, -0.1) is 0 Å². The average molecular weight is 378 g/mol. The number of hydrogen-bond acceptors (Lipinski definition) is 4. The van der Waals surface area contributed by atoms with Crippen molar-refractivity contribution in [3.05, 3.63) is 64.7 Å². The van der Waals surface area contributed by atoms with Gasteiger partial charge in [0.15, 0.2) is 5.60 Å². The maximum atomic E-state index is 13.0. The predicted molar refractivity (Wildman–Crippen MR) is 93.0 cm³/mol. The monoisotopic (exact) mass is 377 g/mol. The summed E-state index contributed by atoms with van der Waals surface area (Å²) in [5.74, 6) is -0.388. The standard InChI is InChI=1S/C18H16ClNO4S/c19-13-6-8-14(9-7-13)25(22,23)20-11-3-10-18(12-20)16-5-2-1-4-15(16)17(21)24-18/h1-2,4-9H,3,10-12H2. The number of rotatable bonds is 2. The van der Waals surface area contributed by atoms with Gasteiger partial charge in [0, 0.05) is 17.1 Å². The highest BCUT2D eigenvalue weighted by atomic mass is 35.5. The van der Waals surface area contributed by atoms with E-state index < -0.39 is 15.6 Å². The van der Waals surface area contributed by atoms with E-state index >= 15 is 0 Å². The van der Waals surface area contributed by atoms with E-state index in [1.54, 1.807) is 24.3 Å². The molecular formula is C18H16ClNO4S. The third kappa shape index (κ3) is 2.65. The summed E-state index contributed by atoms with van der Waals surface area (Å²) in [6, 6.07) is 13.3. The van der Waals surface area contributed by atoms with Crippen LogP contribution in [0.3, 0.4) is 0 Å². The summed E-state index contributed by atoms with van der Waals surface area (Å²) in [6.07, 6.45) is 1.23. The van der Waals surface area contributed by atoms with E-state index in [1.165, 1.54) is 16.4 Å². The van der Waals surface area contributed by atoms with Gasteiger partial charge in [-0.3, -0.25) is 0 Å². The number of carbonyl (C=O) groups excluding carboxylic acids is 1. The normalized spacial score (nSPS) is 23.5. The minimum atomic E-state index is -3.68. The summed E-state index contributed by atoms with van der Waals surface area (Å²) >= 11 is 5.85. The van der Waals surface area contributed by atoms with Crippen LogP contribution in [0, 0.1) is 0 Å². The fraction of sp³-hybridized carbons (Fsp3) is 0.278. The van der Waals surface area contributed by atoms with Gasteiger partial charge in [-0.25, -0.2) is 13.2 Å². The van der Waals surface area contributed by atoms with Crippen molar-refractivity contribution >= 4 is 27.6 Å². The third-order valence-corrected chi connectivity index (χ3v) is 6.91. The fourth-order valence-electron chi connectivity index (χ4n) is 3.59. The Morgan fingerprint density at radius 3 is 2.56 bits per heavy atom. The Kier molecular flexibility index (Phi) is 3.86. The van der Waals surface area contributed by atoms with Crippen LogP contribution in [-0.4, -0.2) is 31.8 Å². The Bertz CT molecular complexity index is 942. The lowest BCUT2D eigenvalue weighted by Crippen LogP contribution is -2.48. The first kappa shape index (κ1) is 16.6. The van der Waals surface area contributed by atoms with Gasteiger partial charge in [-0.1, -0.05) is 29.8 Å². The maximum Gasteiger partial charge on any atom is 0.339 e. The second-order valence-corrected chi connectivity index (χ2v) is 8.70. The molecule has 2 aromatic rings. The van der Waals surface area contributed by atoms with Crippen LogP contribution in [-0.2, 0) is 20.4 Å². The molecule has 1 atom stereocenters. The Balaban J connectivity index is 1.71. The van der Waals surface area contributed by atoms with Gasteiger partial charge >= 0.3 is 5.97 Å². The van der Waals surface area contributed by atoms with Gasteiger partial charge in [0.1, 0.15) is 0 Å². The zero-order chi connectivity index (χ0) is 17.7. The maximum absolute atomic E-state index is 13.0. The molecule has 130 valence electrons. The van der Waals surface area contributed by atoms with Crippen LogP contribution in [0.25, 0.3) is 0 Å².